The zero-order valence-corrected chi connectivity index (χ0v) is 8.72. The van der Waals surface area contributed by atoms with Crippen molar-refractivity contribution in [2.75, 3.05) is 0 Å². The summed E-state index contributed by atoms with van der Waals surface area (Å²) >= 11 is 0. The van der Waals surface area contributed by atoms with Crippen LogP contribution >= 0.6 is 0 Å². The van der Waals surface area contributed by atoms with Crippen LogP contribution < -0.4 is 0 Å². The first-order valence-corrected chi connectivity index (χ1v) is 5.36. The Kier molecular flexibility index (Phi) is 2.92. The number of aryl methyl sites for hydroxylation is 1. The fourth-order valence-corrected chi connectivity index (χ4v) is 1.67. The molecule has 0 spiro atoms. The summed E-state index contributed by atoms with van der Waals surface area (Å²) in [7, 11) is -5.44. The third-order valence-electron chi connectivity index (χ3n) is 1.79. The minimum Gasteiger partial charge on any atom is -0.243 e. The molecule has 0 N–H and O–H groups in total. The van der Waals surface area contributed by atoms with Crippen LogP contribution in [0.1, 0.15) is 11.1 Å². The smallest absolute Gasteiger partial charge is 0.243 e. The van der Waals surface area contributed by atoms with Gasteiger partial charge in [0.25, 0.3) is 9.84 Å². The maximum Gasteiger partial charge on any atom is 0.503 e. The van der Waals surface area contributed by atoms with Crippen LogP contribution in [0.2, 0.25) is 0 Å². The van der Waals surface area contributed by atoms with Gasteiger partial charge in [-0.05, 0) is 18.6 Å². The predicted molar refractivity (Wildman–Crippen MR) is 46.9 cm³/mol. The summed E-state index contributed by atoms with van der Waals surface area (Å²) in [4.78, 5) is 3.12. The summed E-state index contributed by atoms with van der Waals surface area (Å²) < 4.78 is 58.3. The number of halogens is 3. The average molecular weight is 250 g/mol. The molecule has 0 unspecified atom stereocenters. The van der Waals surface area contributed by atoms with Crippen molar-refractivity contribution in [3.63, 3.8) is 0 Å². The van der Waals surface area contributed by atoms with Crippen LogP contribution in [0.3, 0.4) is 0 Å². The third-order valence-corrected chi connectivity index (χ3v) is 3.17. The molecule has 8 heteroatoms. The monoisotopic (exact) mass is 250 g/mol. The Morgan fingerprint density at radius 3 is 2.38 bits per heavy atom. The SMILES string of the molecule is Cc1cc(S(=O)(=O)C(F)(F)F)ncc1C#N. The van der Waals surface area contributed by atoms with Crippen molar-refractivity contribution in [2.24, 2.45) is 0 Å². The van der Waals surface area contributed by atoms with E-state index in [1.165, 1.54) is 6.92 Å². The molecule has 0 aliphatic heterocycles. The van der Waals surface area contributed by atoms with Gasteiger partial charge in [-0.15, -0.1) is 0 Å². The van der Waals surface area contributed by atoms with E-state index in [4.69, 9.17) is 5.26 Å². The van der Waals surface area contributed by atoms with Crippen LogP contribution in [-0.4, -0.2) is 18.9 Å². The van der Waals surface area contributed by atoms with Crippen LogP contribution in [-0.2, 0) is 9.84 Å². The average Bonchev–Trinajstić information content (AvgIpc) is 2.15. The lowest BCUT2D eigenvalue weighted by Crippen LogP contribution is -2.24. The lowest BCUT2D eigenvalue weighted by molar-refractivity contribution is -0.0438. The van der Waals surface area contributed by atoms with E-state index in [0.717, 1.165) is 12.3 Å². The first-order valence-electron chi connectivity index (χ1n) is 3.88. The first-order chi connectivity index (χ1) is 7.20. The van der Waals surface area contributed by atoms with E-state index in [0.29, 0.717) is 0 Å². The molecule has 1 aromatic rings. The minimum absolute atomic E-state index is 0.0288. The number of rotatable bonds is 1. The van der Waals surface area contributed by atoms with Crippen molar-refractivity contribution < 1.29 is 21.6 Å². The van der Waals surface area contributed by atoms with Crippen molar-refractivity contribution in [1.29, 1.82) is 5.26 Å². The van der Waals surface area contributed by atoms with Crippen LogP contribution in [0, 0.1) is 18.3 Å². The number of alkyl halides is 3. The second-order valence-corrected chi connectivity index (χ2v) is 4.79. The molecule has 4 nitrogen and oxygen atoms in total. The molecule has 1 rings (SSSR count). The summed E-state index contributed by atoms with van der Waals surface area (Å²) in [6, 6.07) is 2.40. The van der Waals surface area contributed by atoms with Crippen LogP contribution in [0.5, 0.6) is 0 Å². The van der Waals surface area contributed by atoms with Gasteiger partial charge in [0.1, 0.15) is 6.07 Å². The molecule has 0 saturated carbocycles. The van der Waals surface area contributed by atoms with Crippen molar-refractivity contribution in [1.82, 2.24) is 4.98 Å². The molecule has 0 atom stereocenters. The molecule has 16 heavy (non-hydrogen) atoms. The Morgan fingerprint density at radius 1 is 1.44 bits per heavy atom. The Morgan fingerprint density at radius 2 is 2.00 bits per heavy atom. The van der Waals surface area contributed by atoms with Crippen LogP contribution in [0.25, 0.3) is 0 Å². The van der Waals surface area contributed by atoms with Gasteiger partial charge in [-0.1, -0.05) is 0 Å². The lowest BCUT2D eigenvalue weighted by atomic mass is 10.2. The summed E-state index contributed by atoms with van der Waals surface area (Å²) in [5, 5.41) is 7.41. The van der Waals surface area contributed by atoms with Gasteiger partial charge in [0.05, 0.1) is 5.56 Å². The molecule has 0 aliphatic rings. The molecule has 0 bridgehead atoms. The number of aromatic nitrogens is 1. The molecule has 86 valence electrons. The zero-order valence-electron chi connectivity index (χ0n) is 7.91. The zero-order chi connectivity index (χ0) is 12.6. The van der Waals surface area contributed by atoms with Gasteiger partial charge in [0, 0.05) is 6.20 Å². The van der Waals surface area contributed by atoms with E-state index in [1.807, 2.05) is 0 Å². The van der Waals surface area contributed by atoms with Crippen LogP contribution in [0.15, 0.2) is 17.3 Å². The summed E-state index contributed by atoms with van der Waals surface area (Å²) in [5.74, 6) is 0. The highest BCUT2D eigenvalue weighted by molar-refractivity contribution is 7.92. The van der Waals surface area contributed by atoms with Gasteiger partial charge in [0.2, 0.25) is 0 Å². The molecular weight excluding hydrogens is 245 g/mol. The summed E-state index contributed by atoms with van der Waals surface area (Å²) in [5.41, 5.74) is -5.23. The molecule has 0 aliphatic carbocycles. The maximum absolute atomic E-state index is 12.1. The quantitative estimate of drug-likeness (QED) is 0.758. The van der Waals surface area contributed by atoms with Gasteiger partial charge < -0.3 is 0 Å². The van der Waals surface area contributed by atoms with Crippen molar-refractivity contribution in [2.45, 2.75) is 17.5 Å². The standard InChI is InChI=1S/C8H5F3N2O2S/c1-5-2-7(13-4-6(5)3-12)16(14,15)8(9,10)11/h2,4H,1H3. The lowest BCUT2D eigenvalue weighted by Gasteiger charge is -2.07. The fraction of sp³-hybridized carbons (Fsp3) is 0.250. The fourth-order valence-electron chi connectivity index (χ4n) is 0.913. The summed E-state index contributed by atoms with van der Waals surface area (Å²) in [6.07, 6.45) is 0.800. The molecule has 0 saturated heterocycles. The van der Waals surface area contributed by atoms with Gasteiger partial charge in [-0.2, -0.15) is 18.4 Å². The Bertz CT molecular complexity index is 558. The van der Waals surface area contributed by atoms with E-state index in [9.17, 15) is 21.6 Å². The van der Waals surface area contributed by atoms with Gasteiger partial charge in [-0.25, -0.2) is 13.4 Å². The van der Waals surface area contributed by atoms with E-state index in [-0.39, 0.29) is 11.1 Å². The molecule has 0 radical (unpaired) electrons. The predicted octanol–water partition coefficient (Wildman–Crippen LogP) is 1.56. The highest BCUT2D eigenvalue weighted by Gasteiger charge is 2.48. The number of hydrogen-bond acceptors (Lipinski definition) is 4. The van der Waals surface area contributed by atoms with Crippen LogP contribution in [0.4, 0.5) is 13.2 Å². The largest absolute Gasteiger partial charge is 0.503 e. The van der Waals surface area contributed by atoms with E-state index < -0.39 is 20.4 Å². The van der Waals surface area contributed by atoms with Gasteiger partial charge >= 0.3 is 5.51 Å². The molecular formula is C8H5F3N2O2S. The molecule has 1 aromatic heterocycles. The molecule has 0 aromatic carbocycles. The maximum atomic E-state index is 12.1. The number of nitriles is 1. The van der Waals surface area contributed by atoms with Crippen molar-refractivity contribution in [3.05, 3.63) is 23.4 Å². The number of nitrogens with zero attached hydrogens (tertiary/aromatic N) is 2. The third kappa shape index (κ3) is 1.99. The minimum atomic E-state index is -5.44. The highest BCUT2D eigenvalue weighted by Crippen LogP contribution is 2.29. The van der Waals surface area contributed by atoms with Gasteiger partial charge in [-0.3, -0.25) is 0 Å². The van der Waals surface area contributed by atoms with Crippen molar-refractivity contribution >= 4 is 9.84 Å². The Balaban J connectivity index is 3.39. The highest BCUT2D eigenvalue weighted by atomic mass is 32.2. The number of pyridine rings is 1. The Hall–Kier alpha value is -1.62. The second kappa shape index (κ2) is 3.75. The molecule has 0 fully saturated rings. The molecule has 0 amide bonds. The molecule has 1 heterocycles. The second-order valence-electron chi connectivity index (χ2n) is 2.90. The topological polar surface area (TPSA) is 70.8 Å². The van der Waals surface area contributed by atoms with E-state index >= 15 is 0 Å². The van der Waals surface area contributed by atoms with Gasteiger partial charge in [0.15, 0.2) is 5.03 Å². The van der Waals surface area contributed by atoms with E-state index in [2.05, 4.69) is 4.98 Å². The van der Waals surface area contributed by atoms with Crippen molar-refractivity contribution in [3.8, 4) is 6.07 Å². The number of hydrogen-bond donors (Lipinski definition) is 0. The van der Waals surface area contributed by atoms with E-state index in [1.54, 1.807) is 6.07 Å². The summed E-state index contributed by atoms with van der Waals surface area (Å²) in [6.45, 7) is 1.33. The number of sulfone groups is 1. The Labute approximate surface area is 89.3 Å². The first kappa shape index (κ1) is 12.4. The normalized spacial score (nSPS) is 12.2.